The molecule has 0 aliphatic heterocycles. The van der Waals surface area contributed by atoms with Crippen LogP contribution in [0, 0.1) is 13.8 Å². The van der Waals surface area contributed by atoms with Crippen molar-refractivity contribution in [3.05, 3.63) is 53.1 Å². The fourth-order valence-corrected chi connectivity index (χ4v) is 2.61. The molecule has 0 fully saturated rings. The lowest BCUT2D eigenvalue weighted by atomic mass is 9.95. The summed E-state index contributed by atoms with van der Waals surface area (Å²) in [4.78, 5) is 1.33. The van der Waals surface area contributed by atoms with Crippen LogP contribution >= 0.6 is 11.8 Å². The van der Waals surface area contributed by atoms with Gasteiger partial charge in [0.2, 0.25) is 0 Å². The maximum atomic E-state index is 2.31. The first kappa shape index (κ1) is 13.2. The van der Waals surface area contributed by atoms with E-state index in [-0.39, 0.29) is 0 Å². The second-order valence-corrected chi connectivity index (χ2v) is 5.56. The van der Waals surface area contributed by atoms with E-state index in [0.717, 1.165) is 6.42 Å². The summed E-state index contributed by atoms with van der Waals surface area (Å²) in [5.41, 5.74) is 6.87. The lowest BCUT2D eigenvalue weighted by Crippen LogP contribution is -1.90. The lowest BCUT2D eigenvalue weighted by Gasteiger charge is -2.11. The average Bonchev–Trinajstić information content (AvgIpc) is 2.41. The first-order chi connectivity index (χ1) is 8.65. The lowest BCUT2D eigenvalue weighted by molar-refractivity contribution is 1.13. The normalized spacial score (nSPS) is 10.7. The second-order valence-electron chi connectivity index (χ2n) is 4.68. The van der Waals surface area contributed by atoms with Gasteiger partial charge in [0.1, 0.15) is 0 Å². The minimum Gasteiger partial charge on any atom is -0.130 e. The molecule has 0 bridgehead atoms. The Balaban J connectivity index is 2.57. The third-order valence-electron chi connectivity index (χ3n) is 3.52. The molecular formula is C17H20S. The molecule has 0 aliphatic rings. The SMILES string of the molecule is CCc1ccc(SC)cc1-c1ccc(C)c(C)c1. The molecule has 0 unspecified atom stereocenters. The highest BCUT2D eigenvalue weighted by Gasteiger charge is 2.06. The Labute approximate surface area is 114 Å². The van der Waals surface area contributed by atoms with Crippen LogP contribution in [0.4, 0.5) is 0 Å². The molecule has 0 atom stereocenters. The molecule has 0 saturated heterocycles. The molecular weight excluding hydrogens is 236 g/mol. The van der Waals surface area contributed by atoms with Gasteiger partial charge in [-0.3, -0.25) is 0 Å². The third-order valence-corrected chi connectivity index (χ3v) is 4.24. The van der Waals surface area contributed by atoms with Crippen molar-refractivity contribution in [1.82, 2.24) is 0 Å². The van der Waals surface area contributed by atoms with Crippen LogP contribution < -0.4 is 0 Å². The van der Waals surface area contributed by atoms with Crippen molar-refractivity contribution in [2.24, 2.45) is 0 Å². The molecule has 0 aliphatic carbocycles. The van der Waals surface area contributed by atoms with Gasteiger partial charge in [-0.05, 0) is 66.5 Å². The quantitative estimate of drug-likeness (QED) is 0.675. The van der Waals surface area contributed by atoms with Gasteiger partial charge in [-0.2, -0.15) is 0 Å². The van der Waals surface area contributed by atoms with Crippen LogP contribution in [0.5, 0.6) is 0 Å². The topological polar surface area (TPSA) is 0 Å². The fraction of sp³-hybridized carbons (Fsp3) is 0.294. The summed E-state index contributed by atoms with van der Waals surface area (Å²) in [7, 11) is 0. The molecule has 0 spiro atoms. The van der Waals surface area contributed by atoms with Crippen molar-refractivity contribution >= 4 is 11.8 Å². The number of hydrogen-bond acceptors (Lipinski definition) is 1. The van der Waals surface area contributed by atoms with Gasteiger partial charge in [0.15, 0.2) is 0 Å². The van der Waals surface area contributed by atoms with Gasteiger partial charge in [-0.15, -0.1) is 11.8 Å². The van der Waals surface area contributed by atoms with E-state index in [2.05, 4.69) is 63.4 Å². The predicted molar refractivity (Wildman–Crippen MR) is 82.5 cm³/mol. The molecule has 1 heteroatoms. The number of aryl methyl sites for hydroxylation is 3. The minimum atomic E-state index is 1.08. The van der Waals surface area contributed by atoms with Gasteiger partial charge >= 0.3 is 0 Å². The van der Waals surface area contributed by atoms with Gasteiger partial charge in [0.25, 0.3) is 0 Å². The van der Waals surface area contributed by atoms with E-state index in [1.54, 1.807) is 11.8 Å². The highest BCUT2D eigenvalue weighted by atomic mass is 32.2. The third kappa shape index (κ3) is 2.62. The van der Waals surface area contributed by atoms with Crippen LogP contribution in [-0.4, -0.2) is 6.26 Å². The molecule has 2 aromatic rings. The molecule has 2 rings (SSSR count). The summed E-state index contributed by atoms with van der Waals surface area (Å²) in [6.45, 7) is 6.57. The van der Waals surface area contributed by atoms with Crippen LogP contribution in [0.1, 0.15) is 23.6 Å². The van der Waals surface area contributed by atoms with Crippen molar-refractivity contribution in [2.75, 3.05) is 6.26 Å². The minimum absolute atomic E-state index is 1.08. The number of rotatable bonds is 3. The molecule has 0 nitrogen and oxygen atoms in total. The van der Waals surface area contributed by atoms with E-state index in [9.17, 15) is 0 Å². The zero-order chi connectivity index (χ0) is 13.1. The largest absolute Gasteiger partial charge is 0.130 e. The maximum absolute atomic E-state index is 2.31. The Bertz CT molecular complexity index is 556. The number of hydrogen-bond donors (Lipinski definition) is 0. The van der Waals surface area contributed by atoms with Gasteiger partial charge < -0.3 is 0 Å². The molecule has 0 amide bonds. The summed E-state index contributed by atoms with van der Waals surface area (Å²) in [6, 6.07) is 13.5. The Morgan fingerprint density at radius 3 is 2.33 bits per heavy atom. The van der Waals surface area contributed by atoms with E-state index < -0.39 is 0 Å². The van der Waals surface area contributed by atoms with Crippen LogP contribution in [0.3, 0.4) is 0 Å². The van der Waals surface area contributed by atoms with Crippen molar-refractivity contribution < 1.29 is 0 Å². The van der Waals surface area contributed by atoms with Gasteiger partial charge in [0, 0.05) is 4.90 Å². The standard InChI is InChI=1S/C17H20S/c1-5-14-8-9-16(18-4)11-17(14)15-7-6-12(2)13(3)10-15/h6-11H,5H2,1-4H3. The maximum Gasteiger partial charge on any atom is 0.00754 e. The molecule has 0 heterocycles. The molecule has 18 heavy (non-hydrogen) atoms. The molecule has 0 radical (unpaired) electrons. The zero-order valence-electron chi connectivity index (χ0n) is 11.6. The summed E-state index contributed by atoms with van der Waals surface area (Å²) in [5.74, 6) is 0. The van der Waals surface area contributed by atoms with E-state index in [1.807, 2.05) is 0 Å². The zero-order valence-corrected chi connectivity index (χ0v) is 12.4. The molecule has 0 saturated carbocycles. The van der Waals surface area contributed by atoms with Gasteiger partial charge in [0.05, 0.1) is 0 Å². The number of thioether (sulfide) groups is 1. The van der Waals surface area contributed by atoms with Crippen molar-refractivity contribution in [1.29, 1.82) is 0 Å². The average molecular weight is 256 g/mol. The summed E-state index contributed by atoms with van der Waals surface area (Å²) in [6.07, 6.45) is 3.21. The van der Waals surface area contributed by atoms with Gasteiger partial charge in [-0.1, -0.05) is 31.2 Å². The molecule has 0 N–H and O–H groups in total. The van der Waals surface area contributed by atoms with Crippen molar-refractivity contribution in [2.45, 2.75) is 32.1 Å². The highest BCUT2D eigenvalue weighted by molar-refractivity contribution is 7.98. The highest BCUT2D eigenvalue weighted by Crippen LogP contribution is 2.30. The summed E-state index contributed by atoms with van der Waals surface area (Å²) >= 11 is 1.80. The Hall–Kier alpha value is -1.21. The van der Waals surface area contributed by atoms with Crippen molar-refractivity contribution in [3.8, 4) is 11.1 Å². The van der Waals surface area contributed by atoms with Crippen LogP contribution in [-0.2, 0) is 6.42 Å². The monoisotopic (exact) mass is 256 g/mol. The van der Waals surface area contributed by atoms with E-state index >= 15 is 0 Å². The van der Waals surface area contributed by atoms with Crippen LogP contribution in [0.2, 0.25) is 0 Å². The summed E-state index contributed by atoms with van der Waals surface area (Å²) < 4.78 is 0. The molecule has 0 aromatic heterocycles. The number of benzene rings is 2. The summed E-state index contributed by atoms with van der Waals surface area (Å²) in [5, 5.41) is 0. The van der Waals surface area contributed by atoms with Crippen molar-refractivity contribution in [3.63, 3.8) is 0 Å². The first-order valence-corrected chi connectivity index (χ1v) is 7.62. The van der Waals surface area contributed by atoms with E-state index in [4.69, 9.17) is 0 Å². The second kappa shape index (κ2) is 5.62. The van der Waals surface area contributed by atoms with Crippen LogP contribution in [0.15, 0.2) is 41.3 Å². The smallest absolute Gasteiger partial charge is 0.00754 e. The molecule has 2 aromatic carbocycles. The Morgan fingerprint density at radius 1 is 0.944 bits per heavy atom. The fourth-order valence-electron chi connectivity index (χ4n) is 2.17. The first-order valence-electron chi connectivity index (χ1n) is 6.40. The van der Waals surface area contributed by atoms with E-state index in [1.165, 1.54) is 32.7 Å². The van der Waals surface area contributed by atoms with Gasteiger partial charge in [-0.25, -0.2) is 0 Å². The molecule has 94 valence electrons. The Kier molecular flexibility index (Phi) is 4.13. The Morgan fingerprint density at radius 2 is 1.72 bits per heavy atom. The van der Waals surface area contributed by atoms with E-state index in [0.29, 0.717) is 0 Å². The predicted octanol–water partition coefficient (Wildman–Crippen LogP) is 5.25. The van der Waals surface area contributed by atoms with Crippen LogP contribution in [0.25, 0.3) is 11.1 Å².